The number of aryl methyl sites for hydroxylation is 1. The monoisotopic (exact) mass is 244 g/mol. The van der Waals surface area contributed by atoms with Gasteiger partial charge in [-0.15, -0.1) is 0 Å². The van der Waals surface area contributed by atoms with Crippen molar-refractivity contribution in [2.45, 2.75) is 26.3 Å². The molecule has 4 heteroatoms. The van der Waals surface area contributed by atoms with Gasteiger partial charge in [0.05, 0.1) is 11.6 Å². The summed E-state index contributed by atoms with van der Waals surface area (Å²) in [6.45, 7) is 9.32. The maximum atomic E-state index is 9.03. The van der Waals surface area contributed by atoms with Gasteiger partial charge in [0.2, 0.25) is 0 Å². The molecule has 0 N–H and O–H groups in total. The molecule has 4 nitrogen and oxygen atoms in total. The summed E-state index contributed by atoms with van der Waals surface area (Å²) in [5.74, 6) is 0.924. The summed E-state index contributed by atoms with van der Waals surface area (Å²) in [4.78, 5) is 9.19. The van der Waals surface area contributed by atoms with Crippen LogP contribution in [0.1, 0.15) is 25.1 Å². The average Bonchev–Trinajstić information content (AvgIpc) is 2.31. The zero-order valence-corrected chi connectivity index (χ0v) is 11.6. The molecule has 1 aromatic rings. The molecule has 0 spiro atoms. The summed E-state index contributed by atoms with van der Waals surface area (Å²) in [6.07, 6.45) is 0. The molecule has 0 amide bonds. The Hall–Kier alpha value is -1.60. The molecule has 0 atom stereocenters. The second-order valence-electron chi connectivity index (χ2n) is 5.62. The number of aromatic nitrogens is 1. The fraction of sp³-hybridized carbons (Fsp3) is 0.571. The van der Waals surface area contributed by atoms with Gasteiger partial charge in [-0.1, -0.05) is 0 Å². The van der Waals surface area contributed by atoms with E-state index >= 15 is 0 Å². The Morgan fingerprint density at radius 2 is 2.06 bits per heavy atom. The molecule has 1 saturated heterocycles. The highest BCUT2D eigenvalue weighted by Gasteiger charge is 2.31. The average molecular weight is 244 g/mol. The normalized spacial score (nSPS) is 19.6. The lowest BCUT2D eigenvalue weighted by atomic mass is 9.99. The number of rotatable bonds is 1. The standard InChI is InChI=1S/C14H20N4/c1-11-7-12(9-15)8-13(16-11)18-6-5-17(4)14(2,3)10-18/h7-8H,5-6,10H2,1-4H3. The summed E-state index contributed by atoms with van der Waals surface area (Å²) < 4.78 is 0. The number of likely N-dealkylation sites (N-methyl/N-ethyl adjacent to an activating group) is 1. The molecule has 0 aliphatic carbocycles. The number of hydrogen-bond donors (Lipinski definition) is 0. The second-order valence-corrected chi connectivity index (χ2v) is 5.62. The number of nitriles is 1. The van der Waals surface area contributed by atoms with Crippen molar-refractivity contribution in [3.05, 3.63) is 23.4 Å². The molecule has 1 aromatic heterocycles. The van der Waals surface area contributed by atoms with Gasteiger partial charge in [-0.3, -0.25) is 4.90 Å². The van der Waals surface area contributed by atoms with Gasteiger partial charge in [-0.2, -0.15) is 5.26 Å². The lowest BCUT2D eigenvalue weighted by molar-refractivity contribution is 0.138. The zero-order chi connectivity index (χ0) is 13.3. The number of nitrogens with zero attached hydrogens (tertiary/aromatic N) is 4. The van der Waals surface area contributed by atoms with E-state index < -0.39 is 0 Å². The second kappa shape index (κ2) is 4.58. The summed E-state index contributed by atoms with van der Waals surface area (Å²) in [5.41, 5.74) is 1.73. The van der Waals surface area contributed by atoms with Crippen LogP contribution < -0.4 is 4.90 Å². The molecule has 0 aromatic carbocycles. The van der Waals surface area contributed by atoms with E-state index in [-0.39, 0.29) is 5.54 Å². The molecular weight excluding hydrogens is 224 g/mol. The Morgan fingerprint density at radius 1 is 1.33 bits per heavy atom. The van der Waals surface area contributed by atoms with Crippen LogP contribution in [0, 0.1) is 18.3 Å². The van der Waals surface area contributed by atoms with E-state index in [4.69, 9.17) is 5.26 Å². The van der Waals surface area contributed by atoms with Gasteiger partial charge in [-0.25, -0.2) is 4.98 Å². The summed E-state index contributed by atoms with van der Waals surface area (Å²) in [6, 6.07) is 5.91. The zero-order valence-electron chi connectivity index (χ0n) is 11.6. The van der Waals surface area contributed by atoms with E-state index in [9.17, 15) is 0 Å². The fourth-order valence-corrected chi connectivity index (χ4v) is 2.31. The largest absolute Gasteiger partial charge is 0.353 e. The van der Waals surface area contributed by atoms with E-state index in [1.165, 1.54) is 0 Å². The third-order valence-corrected chi connectivity index (χ3v) is 3.71. The van der Waals surface area contributed by atoms with E-state index in [1.807, 2.05) is 19.1 Å². The number of piperazine rings is 1. The predicted molar refractivity (Wildman–Crippen MR) is 72.6 cm³/mol. The molecule has 2 rings (SSSR count). The summed E-state index contributed by atoms with van der Waals surface area (Å²) >= 11 is 0. The van der Waals surface area contributed by atoms with Crippen LogP contribution in [0.25, 0.3) is 0 Å². The van der Waals surface area contributed by atoms with Crippen LogP contribution in [0.3, 0.4) is 0 Å². The van der Waals surface area contributed by atoms with Crippen LogP contribution in [0.15, 0.2) is 12.1 Å². The Morgan fingerprint density at radius 3 is 2.67 bits per heavy atom. The minimum absolute atomic E-state index is 0.135. The van der Waals surface area contributed by atoms with Crippen LogP contribution in [0.4, 0.5) is 5.82 Å². The van der Waals surface area contributed by atoms with E-state index in [0.717, 1.165) is 31.1 Å². The van der Waals surface area contributed by atoms with Crippen molar-refractivity contribution < 1.29 is 0 Å². The Balaban J connectivity index is 2.28. The Labute approximate surface area is 109 Å². The van der Waals surface area contributed by atoms with Crippen LogP contribution >= 0.6 is 0 Å². The highest BCUT2D eigenvalue weighted by atomic mass is 15.3. The van der Waals surface area contributed by atoms with Crippen molar-refractivity contribution in [1.82, 2.24) is 9.88 Å². The Bertz CT molecular complexity index is 487. The molecule has 18 heavy (non-hydrogen) atoms. The van der Waals surface area contributed by atoms with Crippen molar-refractivity contribution in [3.63, 3.8) is 0 Å². The highest BCUT2D eigenvalue weighted by Crippen LogP contribution is 2.23. The Kier molecular flexibility index (Phi) is 3.27. The van der Waals surface area contributed by atoms with Crippen molar-refractivity contribution in [2.24, 2.45) is 0 Å². The highest BCUT2D eigenvalue weighted by molar-refractivity contribution is 5.47. The molecule has 0 radical (unpaired) electrons. The SMILES string of the molecule is Cc1cc(C#N)cc(N2CCN(C)C(C)(C)C2)n1. The quantitative estimate of drug-likeness (QED) is 0.755. The minimum atomic E-state index is 0.135. The molecular formula is C14H20N4. The van der Waals surface area contributed by atoms with Crippen LogP contribution in [-0.4, -0.2) is 42.1 Å². The van der Waals surface area contributed by atoms with Gasteiger partial charge in [0.25, 0.3) is 0 Å². The molecule has 0 saturated carbocycles. The lowest BCUT2D eigenvalue weighted by Crippen LogP contribution is -2.57. The topological polar surface area (TPSA) is 43.2 Å². The number of pyridine rings is 1. The van der Waals surface area contributed by atoms with Crippen molar-refractivity contribution >= 4 is 5.82 Å². The van der Waals surface area contributed by atoms with Gasteiger partial charge in [0.1, 0.15) is 5.82 Å². The third kappa shape index (κ3) is 2.46. The van der Waals surface area contributed by atoms with E-state index in [0.29, 0.717) is 5.56 Å². The number of anilines is 1. The first-order valence-corrected chi connectivity index (χ1v) is 6.27. The molecule has 2 heterocycles. The van der Waals surface area contributed by atoms with Gasteiger partial charge in [-0.05, 0) is 40.0 Å². The summed E-state index contributed by atoms with van der Waals surface area (Å²) in [7, 11) is 2.15. The molecule has 1 fully saturated rings. The number of hydrogen-bond acceptors (Lipinski definition) is 4. The van der Waals surface area contributed by atoms with Gasteiger partial charge in [0, 0.05) is 30.9 Å². The molecule has 0 unspecified atom stereocenters. The maximum Gasteiger partial charge on any atom is 0.130 e. The van der Waals surface area contributed by atoms with E-state index in [1.54, 1.807) is 0 Å². The first-order chi connectivity index (χ1) is 8.42. The first kappa shape index (κ1) is 12.8. The van der Waals surface area contributed by atoms with E-state index in [2.05, 4.69) is 41.7 Å². The smallest absolute Gasteiger partial charge is 0.130 e. The van der Waals surface area contributed by atoms with Gasteiger partial charge >= 0.3 is 0 Å². The predicted octanol–water partition coefficient (Wildman–Crippen LogP) is 1.79. The third-order valence-electron chi connectivity index (χ3n) is 3.71. The van der Waals surface area contributed by atoms with Crippen LogP contribution in [0.5, 0.6) is 0 Å². The van der Waals surface area contributed by atoms with Gasteiger partial charge < -0.3 is 4.90 Å². The van der Waals surface area contributed by atoms with Crippen molar-refractivity contribution in [3.8, 4) is 6.07 Å². The van der Waals surface area contributed by atoms with Crippen molar-refractivity contribution in [2.75, 3.05) is 31.6 Å². The molecule has 1 aliphatic rings. The lowest BCUT2D eigenvalue weighted by Gasteiger charge is -2.45. The minimum Gasteiger partial charge on any atom is -0.353 e. The summed E-state index contributed by atoms with van der Waals surface area (Å²) in [5, 5.41) is 9.03. The fourth-order valence-electron chi connectivity index (χ4n) is 2.31. The molecule has 0 bridgehead atoms. The molecule has 96 valence electrons. The first-order valence-electron chi connectivity index (χ1n) is 6.27. The van der Waals surface area contributed by atoms with Crippen molar-refractivity contribution in [1.29, 1.82) is 5.26 Å². The van der Waals surface area contributed by atoms with Crippen LogP contribution in [0.2, 0.25) is 0 Å². The van der Waals surface area contributed by atoms with Crippen LogP contribution in [-0.2, 0) is 0 Å². The molecule has 1 aliphatic heterocycles. The maximum absolute atomic E-state index is 9.03. The van der Waals surface area contributed by atoms with Gasteiger partial charge in [0.15, 0.2) is 0 Å².